The molecule has 182 valence electrons. The standard InChI is InChI=1S/C26H25F3N4O2/c27-26(28,29)21-8-4-5-9-23(21)31-19-12-14-33(15-13-19)25(35)16-24(34)32-20-10-11-22(30-17-20)18-6-2-1-3-7-18/h1-11,17,19,31H,12-16H2,(H,32,34). The molecule has 3 aromatic rings. The summed E-state index contributed by atoms with van der Waals surface area (Å²) in [5, 5.41) is 5.65. The van der Waals surface area contributed by atoms with Crippen LogP contribution in [0.5, 0.6) is 0 Å². The van der Waals surface area contributed by atoms with E-state index in [4.69, 9.17) is 0 Å². The second-order valence-electron chi connectivity index (χ2n) is 8.37. The molecule has 0 atom stereocenters. The van der Waals surface area contributed by atoms with E-state index in [1.54, 1.807) is 29.3 Å². The molecule has 1 aliphatic rings. The lowest BCUT2D eigenvalue weighted by atomic mass is 10.0. The Labute approximate surface area is 201 Å². The van der Waals surface area contributed by atoms with Gasteiger partial charge in [-0.05, 0) is 37.1 Å². The van der Waals surface area contributed by atoms with Gasteiger partial charge in [-0.15, -0.1) is 0 Å². The van der Waals surface area contributed by atoms with Crippen molar-refractivity contribution in [3.8, 4) is 11.3 Å². The summed E-state index contributed by atoms with van der Waals surface area (Å²) in [6.45, 7) is 0.733. The van der Waals surface area contributed by atoms with Gasteiger partial charge in [0.15, 0.2) is 0 Å². The number of anilines is 2. The van der Waals surface area contributed by atoms with E-state index in [-0.39, 0.29) is 24.1 Å². The zero-order chi connectivity index (χ0) is 24.8. The Morgan fingerprint density at radius 2 is 1.63 bits per heavy atom. The summed E-state index contributed by atoms with van der Waals surface area (Å²) < 4.78 is 39.6. The van der Waals surface area contributed by atoms with Gasteiger partial charge < -0.3 is 15.5 Å². The minimum absolute atomic E-state index is 0.0380. The molecule has 1 aliphatic heterocycles. The number of amides is 2. The van der Waals surface area contributed by atoms with Crippen molar-refractivity contribution in [3.05, 3.63) is 78.5 Å². The minimum Gasteiger partial charge on any atom is -0.382 e. The van der Waals surface area contributed by atoms with Gasteiger partial charge in [0.2, 0.25) is 11.8 Å². The molecule has 0 spiro atoms. The summed E-state index contributed by atoms with van der Waals surface area (Å²) >= 11 is 0. The predicted molar refractivity (Wildman–Crippen MR) is 128 cm³/mol. The second kappa shape index (κ2) is 10.6. The van der Waals surface area contributed by atoms with Crippen molar-refractivity contribution in [2.24, 2.45) is 0 Å². The Morgan fingerprint density at radius 3 is 2.29 bits per heavy atom. The van der Waals surface area contributed by atoms with Gasteiger partial charge in [0, 0.05) is 30.4 Å². The number of rotatable bonds is 6. The molecule has 1 aromatic heterocycles. The molecule has 1 fully saturated rings. The third kappa shape index (κ3) is 6.38. The Morgan fingerprint density at radius 1 is 0.943 bits per heavy atom. The fraction of sp³-hybridized carbons (Fsp3) is 0.269. The summed E-state index contributed by atoms with van der Waals surface area (Å²) in [7, 11) is 0. The zero-order valence-electron chi connectivity index (χ0n) is 18.9. The van der Waals surface area contributed by atoms with Crippen LogP contribution in [0.3, 0.4) is 0 Å². The molecule has 0 aliphatic carbocycles. The van der Waals surface area contributed by atoms with E-state index >= 15 is 0 Å². The van der Waals surface area contributed by atoms with Crippen LogP contribution in [0, 0.1) is 0 Å². The average Bonchev–Trinajstić information content (AvgIpc) is 2.85. The van der Waals surface area contributed by atoms with Crippen molar-refractivity contribution < 1.29 is 22.8 Å². The molecule has 4 rings (SSSR count). The summed E-state index contributed by atoms with van der Waals surface area (Å²) in [4.78, 5) is 30.8. The molecule has 2 heterocycles. The van der Waals surface area contributed by atoms with Gasteiger partial charge in [-0.25, -0.2) is 0 Å². The van der Waals surface area contributed by atoms with E-state index in [1.165, 1.54) is 12.1 Å². The van der Waals surface area contributed by atoms with E-state index in [0.29, 0.717) is 31.6 Å². The first-order valence-corrected chi connectivity index (χ1v) is 11.3. The number of piperidine rings is 1. The maximum atomic E-state index is 13.2. The molecule has 0 bridgehead atoms. The molecular weight excluding hydrogens is 457 g/mol. The molecule has 1 saturated heterocycles. The fourth-order valence-corrected chi connectivity index (χ4v) is 4.05. The Balaban J connectivity index is 1.25. The van der Waals surface area contributed by atoms with Crippen molar-refractivity contribution in [2.75, 3.05) is 23.7 Å². The van der Waals surface area contributed by atoms with Gasteiger partial charge in [0.05, 0.1) is 23.1 Å². The van der Waals surface area contributed by atoms with Gasteiger partial charge in [0.1, 0.15) is 6.42 Å². The maximum absolute atomic E-state index is 13.2. The van der Waals surface area contributed by atoms with Crippen LogP contribution in [0.1, 0.15) is 24.8 Å². The summed E-state index contributed by atoms with van der Waals surface area (Å²) in [6.07, 6.45) is -2.23. The Bertz CT molecular complexity index is 1160. The smallest absolute Gasteiger partial charge is 0.382 e. The Kier molecular flexibility index (Phi) is 7.33. The molecule has 0 radical (unpaired) electrons. The maximum Gasteiger partial charge on any atom is 0.418 e. The highest BCUT2D eigenvalue weighted by Crippen LogP contribution is 2.35. The van der Waals surface area contributed by atoms with Crippen LogP contribution in [0.25, 0.3) is 11.3 Å². The highest BCUT2D eigenvalue weighted by Gasteiger charge is 2.34. The summed E-state index contributed by atoms with van der Waals surface area (Å²) in [5.74, 6) is -0.755. The summed E-state index contributed by atoms with van der Waals surface area (Å²) in [5.41, 5.74) is 1.56. The lowest BCUT2D eigenvalue weighted by molar-refractivity contribution is -0.137. The van der Waals surface area contributed by atoms with E-state index in [0.717, 1.165) is 17.3 Å². The van der Waals surface area contributed by atoms with Gasteiger partial charge in [-0.2, -0.15) is 13.2 Å². The number of pyridine rings is 1. The number of hydrogen-bond acceptors (Lipinski definition) is 4. The number of carbonyl (C=O) groups is 2. The van der Waals surface area contributed by atoms with Crippen molar-refractivity contribution in [3.63, 3.8) is 0 Å². The van der Waals surface area contributed by atoms with Crippen molar-refractivity contribution >= 4 is 23.2 Å². The predicted octanol–water partition coefficient (Wildman–Crippen LogP) is 5.20. The largest absolute Gasteiger partial charge is 0.418 e. The first-order valence-electron chi connectivity index (χ1n) is 11.3. The second-order valence-corrected chi connectivity index (χ2v) is 8.37. The van der Waals surface area contributed by atoms with Gasteiger partial charge >= 0.3 is 6.18 Å². The number of carbonyl (C=O) groups excluding carboxylic acids is 2. The molecular formula is C26H25F3N4O2. The Hall–Kier alpha value is -3.88. The first kappa shape index (κ1) is 24.3. The average molecular weight is 483 g/mol. The minimum atomic E-state index is -4.44. The van der Waals surface area contributed by atoms with E-state index in [2.05, 4.69) is 15.6 Å². The highest BCUT2D eigenvalue weighted by molar-refractivity contribution is 6.03. The number of benzene rings is 2. The van der Waals surface area contributed by atoms with E-state index in [1.807, 2.05) is 30.3 Å². The number of para-hydroxylation sites is 1. The van der Waals surface area contributed by atoms with Crippen molar-refractivity contribution in [2.45, 2.75) is 31.5 Å². The molecule has 35 heavy (non-hydrogen) atoms. The van der Waals surface area contributed by atoms with E-state index < -0.39 is 17.6 Å². The van der Waals surface area contributed by atoms with Crippen LogP contribution in [-0.4, -0.2) is 40.8 Å². The quantitative estimate of drug-likeness (QED) is 0.474. The van der Waals surface area contributed by atoms with Crippen LogP contribution in [0.4, 0.5) is 24.5 Å². The fourth-order valence-electron chi connectivity index (χ4n) is 4.05. The van der Waals surface area contributed by atoms with Crippen LogP contribution < -0.4 is 10.6 Å². The first-order chi connectivity index (χ1) is 16.8. The molecule has 0 unspecified atom stereocenters. The number of alkyl halides is 3. The lowest BCUT2D eigenvalue weighted by Crippen LogP contribution is -2.43. The van der Waals surface area contributed by atoms with Gasteiger partial charge in [0.25, 0.3) is 0 Å². The van der Waals surface area contributed by atoms with Crippen molar-refractivity contribution in [1.29, 1.82) is 0 Å². The number of hydrogen-bond donors (Lipinski definition) is 2. The highest BCUT2D eigenvalue weighted by atomic mass is 19.4. The topological polar surface area (TPSA) is 74.3 Å². The number of nitrogens with zero attached hydrogens (tertiary/aromatic N) is 2. The molecule has 2 amide bonds. The van der Waals surface area contributed by atoms with Crippen molar-refractivity contribution in [1.82, 2.24) is 9.88 Å². The van der Waals surface area contributed by atoms with E-state index in [9.17, 15) is 22.8 Å². The molecule has 9 heteroatoms. The molecule has 0 saturated carbocycles. The molecule has 2 aromatic carbocycles. The monoisotopic (exact) mass is 482 g/mol. The third-order valence-electron chi connectivity index (χ3n) is 5.87. The number of nitrogens with one attached hydrogen (secondary N) is 2. The normalized spacial score (nSPS) is 14.4. The lowest BCUT2D eigenvalue weighted by Gasteiger charge is -2.33. The zero-order valence-corrected chi connectivity index (χ0v) is 18.9. The summed E-state index contributed by atoms with van der Waals surface area (Å²) in [6, 6.07) is 18.3. The van der Waals surface area contributed by atoms with Gasteiger partial charge in [-0.3, -0.25) is 14.6 Å². The van der Waals surface area contributed by atoms with Crippen LogP contribution in [0.15, 0.2) is 72.9 Å². The van der Waals surface area contributed by atoms with Gasteiger partial charge in [-0.1, -0.05) is 42.5 Å². The third-order valence-corrected chi connectivity index (χ3v) is 5.87. The number of halogens is 3. The SMILES string of the molecule is O=C(CC(=O)N1CCC(Nc2ccccc2C(F)(F)F)CC1)Nc1ccc(-c2ccccc2)nc1. The van der Waals surface area contributed by atoms with Crippen LogP contribution in [0.2, 0.25) is 0 Å². The molecule has 2 N–H and O–H groups in total. The number of aromatic nitrogens is 1. The molecule has 6 nitrogen and oxygen atoms in total. The number of likely N-dealkylation sites (tertiary alicyclic amines) is 1. The van der Waals surface area contributed by atoms with Crippen LogP contribution in [-0.2, 0) is 15.8 Å². The van der Waals surface area contributed by atoms with Crippen LogP contribution >= 0.6 is 0 Å².